The van der Waals surface area contributed by atoms with E-state index in [1.165, 1.54) is 0 Å². The van der Waals surface area contributed by atoms with E-state index in [-0.39, 0.29) is 5.91 Å². The largest absolute Gasteiger partial charge is 0.494 e. The lowest BCUT2D eigenvalue weighted by Crippen LogP contribution is -2.40. The quantitative estimate of drug-likeness (QED) is 0.672. The summed E-state index contributed by atoms with van der Waals surface area (Å²) in [6.45, 7) is 3.64. The van der Waals surface area contributed by atoms with Gasteiger partial charge in [0, 0.05) is 20.3 Å². The Balaban J connectivity index is 2.38. The van der Waals surface area contributed by atoms with Gasteiger partial charge in [-0.3, -0.25) is 4.79 Å². The average Bonchev–Trinajstić information content (AvgIpc) is 2.45. The Morgan fingerprint density at radius 2 is 2.25 bits per heavy atom. The molecule has 5 nitrogen and oxygen atoms in total. The molecule has 0 spiro atoms. The third kappa shape index (κ3) is 6.04. The molecule has 0 saturated carbocycles. The van der Waals surface area contributed by atoms with E-state index in [1.54, 1.807) is 7.11 Å². The first-order valence-corrected chi connectivity index (χ1v) is 6.91. The van der Waals surface area contributed by atoms with Gasteiger partial charge < -0.3 is 20.5 Å². The van der Waals surface area contributed by atoms with Crippen molar-refractivity contribution in [2.75, 3.05) is 20.3 Å². The van der Waals surface area contributed by atoms with Crippen molar-refractivity contribution >= 4 is 5.91 Å². The Hall–Kier alpha value is -1.59. The molecule has 3 N–H and O–H groups in total. The number of carbonyl (C=O) groups is 1. The number of nitrogens with two attached hydrogens (primary N) is 1. The Morgan fingerprint density at radius 3 is 2.95 bits per heavy atom. The lowest BCUT2D eigenvalue weighted by Gasteiger charge is -2.12. The van der Waals surface area contributed by atoms with E-state index in [4.69, 9.17) is 15.2 Å². The Labute approximate surface area is 120 Å². The summed E-state index contributed by atoms with van der Waals surface area (Å²) in [5.41, 5.74) is 6.80. The van der Waals surface area contributed by atoms with Crippen LogP contribution in [-0.2, 0) is 16.1 Å². The predicted octanol–water partition coefficient (Wildman–Crippen LogP) is 1.46. The maximum absolute atomic E-state index is 11.8. The molecule has 1 aromatic rings. The molecule has 112 valence electrons. The summed E-state index contributed by atoms with van der Waals surface area (Å²) in [6.07, 6.45) is 1.41. The summed E-state index contributed by atoms with van der Waals surface area (Å²) in [6, 6.07) is 7.18. The van der Waals surface area contributed by atoms with Crippen LogP contribution in [0.25, 0.3) is 0 Å². The molecule has 0 radical (unpaired) electrons. The number of carbonyl (C=O) groups excluding carboxylic acids is 1. The van der Waals surface area contributed by atoms with Gasteiger partial charge in [0.05, 0.1) is 12.6 Å². The zero-order chi connectivity index (χ0) is 14.8. The second-order valence-corrected chi connectivity index (χ2v) is 4.54. The number of hydrogen-bond acceptors (Lipinski definition) is 4. The van der Waals surface area contributed by atoms with Crippen molar-refractivity contribution in [3.63, 3.8) is 0 Å². The normalized spacial score (nSPS) is 11.9. The van der Waals surface area contributed by atoms with Gasteiger partial charge in [0.1, 0.15) is 5.75 Å². The first-order valence-electron chi connectivity index (χ1n) is 6.91. The molecule has 0 aromatic heterocycles. The average molecular weight is 280 g/mol. The van der Waals surface area contributed by atoms with Crippen LogP contribution in [0, 0.1) is 0 Å². The number of hydrogen-bond donors (Lipinski definition) is 2. The first-order chi connectivity index (χ1) is 9.67. The summed E-state index contributed by atoms with van der Waals surface area (Å²) in [5, 5.41) is 2.83. The van der Waals surface area contributed by atoms with Crippen molar-refractivity contribution in [3.05, 3.63) is 29.8 Å². The van der Waals surface area contributed by atoms with E-state index >= 15 is 0 Å². The summed E-state index contributed by atoms with van der Waals surface area (Å²) in [7, 11) is 1.64. The number of nitrogens with one attached hydrogen (secondary N) is 1. The van der Waals surface area contributed by atoms with E-state index < -0.39 is 6.04 Å². The molecule has 5 heteroatoms. The zero-order valence-electron chi connectivity index (χ0n) is 12.2. The summed E-state index contributed by atoms with van der Waals surface area (Å²) in [5.74, 6) is 0.673. The minimum Gasteiger partial charge on any atom is -0.494 e. The Morgan fingerprint density at radius 1 is 1.45 bits per heavy atom. The highest BCUT2D eigenvalue weighted by atomic mass is 16.5. The fourth-order valence-corrected chi connectivity index (χ4v) is 1.81. The van der Waals surface area contributed by atoms with Crippen LogP contribution in [0.1, 0.15) is 25.3 Å². The van der Waals surface area contributed by atoms with Crippen molar-refractivity contribution < 1.29 is 14.3 Å². The van der Waals surface area contributed by atoms with Crippen molar-refractivity contribution in [1.82, 2.24) is 5.32 Å². The van der Waals surface area contributed by atoms with Gasteiger partial charge in [0.25, 0.3) is 0 Å². The van der Waals surface area contributed by atoms with E-state index in [9.17, 15) is 4.79 Å². The van der Waals surface area contributed by atoms with Crippen LogP contribution in [0.3, 0.4) is 0 Å². The van der Waals surface area contributed by atoms with E-state index in [0.29, 0.717) is 26.2 Å². The van der Waals surface area contributed by atoms with Crippen LogP contribution >= 0.6 is 0 Å². The Kier molecular flexibility index (Phi) is 7.69. The van der Waals surface area contributed by atoms with Crippen LogP contribution in [0.4, 0.5) is 0 Å². The molecule has 1 aromatic carbocycles. The number of benzene rings is 1. The molecule has 0 aliphatic rings. The minimum atomic E-state index is -0.486. The standard InChI is InChI=1S/C15H24N2O3/c1-3-20-13-7-4-6-12(10-13)11-17-15(18)14(16)8-5-9-19-2/h4,6-7,10,14H,3,5,8-9,11,16H2,1-2H3,(H,17,18). The maximum Gasteiger partial charge on any atom is 0.237 e. The van der Waals surface area contributed by atoms with Crippen molar-refractivity contribution in [3.8, 4) is 5.75 Å². The van der Waals surface area contributed by atoms with Gasteiger partial charge in [-0.2, -0.15) is 0 Å². The molecule has 0 fully saturated rings. The molecule has 1 unspecified atom stereocenters. The van der Waals surface area contributed by atoms with Crippen LogP contribution in [0.15, 0.2) is 24.3 Å². The lowest BCUT2D eigenvalue weighted by molar-refractivity contribution is -0.122. The molecule has 0 heterocycles. The molecule has 0 aliphatic heterocycles. The number of ether oxygens (including phenoxy) is 2. The van der Waals surface area contributed by atoms with E-state index in [1.807, 2.05) is 31.2 Å². The minimum absolute atomic E-state index is 0.136. The van der Waals surface area contributed by atoms with E-state index in [2.05, 4.69) is 5.32 Å². The molecule has 1 amide bonds. The Bertz CT molecular complexity index is 410. The highest BCUT2D eigenvalue weighted by molar-refractivity contribution is 5.81. The third-order valence-corrected chi connectivity index (χ3v) is 2.88. The molecule has 0 saturated heterocycles. The second kappa shape index (κ2) is 9.34. The van der Waals surface area contributed by atoms with Gasteiger partial charge in [-0.1, -0.05) is 12.1 Å². The molecule has 20 heavy (non-hydrogen) atoms. The summed E-state index contributed by atoms with van der Waals surface area (Å²) < 4.78 is 10.4. The molecule has 0 bridgehead atoms. The highest BCUT2D eigenvalue weighted by Crippen LogP contribution is 2.13. The van der Waals surface area contributed by atoms with E-state index in [0.717, 1.165) is 17.7 Å². The smallest absolute Gasteiger partial charge is 0.237 e. The van der Waals surface area contributed by atoms with Gasteiger partial charge in [0.2, 0.25) is 5.91 Å². The van der Waals surface area contributed by atoms with Gasteiger partial charge in [-0.05, 0) is 37.5 Å². The van der Waals surface area contributed by atoms with Gasteiger partial charge in [-0.15, -0.1) is 0 Å². The van der Waals surface area contributed by atoms with Crippen LogP contribution in [0.5, 0.6) is 5.75 Å². The van der Waals surface area contributed by atoms with Crippen LogP contribution < -0.4 is 15.8 Å². The van der Waals surface area contributed by atoms with Crippen molar-refractivity contribution in [2.24, 2.45) is 5.73 Å². The van der Waals surface area contributed by atoms with Gasteiger partial charge >= 0.3 is 0 Å². The fourth-order valence-electron chi connectivity index (χ4n) is 1.81. The van der Waals surface area contributed by atoms with Crippen molar-refractivity contribution in [2.45, 2.75) is 32.4 Å². The monoisotopic (exact) mass is 280 g/mol. The predicted molar refractivity (Wildman–Crippen MR) is 78.5 cm³/mol. The SMILES string of the molecule is CCOc1cccc(CNC(=O)C(N)CCCOC)c1. The number of methoxy groups -OCH3 is 1. The third-order valence-electron chi connectivity index (χ3n) is 2.88. The fraction of sp³-hybridized carbons (Fsp3) is 0.533. The maximum atomic E-state index is 11.8. The van der Waals surface area contributed by atoms with Gasteiger partial charge in [0.15, 0.2) is 0 Å². The molecule has 1 rings (SSSR count). The second-order valence-electron chi connectivity index (χ2n) is 4.54. The summed E-state index contributed by atoms with van der Waals surface area (Å²) >= 11 is 0. The highest BCUT2D eigenvalue weighted by Gasteiger charge is 2.12. The molecular formula is C15H24N2O3. The number of rotatable bonds is 9. The van der Waals surface area contributed by atoms with Crippen molar-refractivity contribution in [1.29, 1.82) is 0 Å². The zero-order valence-corrected chi connectivity index (χ0v) is 12.2. The summed E-state index contributed by atoms with van der Waals surface area (Å²) in [4.78, 5) is 11.8. The lowest BCUT2D eigenvalue weighted by atomic mass is 10.1. The number of amides is 1. The molecular weight excluding hydrogens is 256 g/mol. The molecule has 1 atom stereocenters. The topological polar surface area (TPSA) is 73.6 Å². The molecule has 0 aliphatic carbocycles. The van der Waals surface area contributed by atoms with Crippen LogP contribution in [-0.4, -0.2) is 32.3 Å². The first kappa shape index (κ1) is 16.5. The van der Waals surface area contributed by atoms with Crippen LogP contribution in [0.2, 0.25) is 0 Å². The van der Waals surface area contributed by atoms with Gasteiger partial charge in [-0.25, -0.2) is 0 Å².